The molecule has 1 aromatic carbocycles. The molecule has 0 spiro atoms. The van der Waals surface area contributed by atoms with Gasteiger partial charge in [-0.1, -0.05) is 13.8 Å². The first-order valence-corrected chi connectivity index (χ1v) is 6.56. The molecule has 0 atom stereocenters. The summed E-state index contributed by atoms with van der Waals surface area (Å²) >= 11 is 0. The molecule has 84 valence electrons. The molecule has 1 rings (SSSR count). The number of sulfonamides is 1. The summed E-state index contributed by atoms with van der Waals surface area (Å²) in [5, 5.41) is 0. The van der Waals surface area contributed by atoms with Crippen LogP contribution in [0.3, 0.4) is 0 Å². The highest BCUT2D eigenvalue weighted by Crippen LogP contribution is 2.26. The Morgan fingerprint density at radius 3 is 2.40 bits per heavy atom. The van der Waals surface area contributed by atoms with Crippen LogP contribution in [0.2, 0.25) is 0 Å². The molecule has 0 aliphatic rings. The van der Waals surface area contributed by atoms with E-state index in [0.29, 0.717) is 11.4 Å². The molecule has 0 heterocycles. The van der Waals surface area contributed by atoms with Crippen molar-refractivity contribution in [2.75, 3.05) is 16.7 Å². The fourth-order valence-electron chi connectivity index (χ4n) is 1.35. The van der Waals surface area contributed by atoms with Gasteiger partial charge in [-0.15, -0.1) is 0 Å². The molecule has 0 aromatic heterocycles. The highest BCUT2D eigenvalue weighted by atomic mass is 32.2. The predicted octanol–water partition coefficient (Wildman–Crippen LogP) is 1.76. The number of anilines is 2. The molecule has 0 saturated heterocycles. The van der Waals surface area contributed by atoms with Gasteiger partial charge >= 0.3 is 0 Å². The van der Waals surface area contributed by atoms with Crippen LogP contribution in [0.25, 0.3) is 0 Å². The minimum Gasteiger partial charge on any atom is -0.399 e. The number of hydrogen-bond donors (Lipinski definition) is 2. The van der Waals surface area contributed by atoms with E-state index in [1.54, 1.807) is 18.2 Å². The van der Waals surface area contributed by atoms with Crippen LogP contribution in [0.1, 0.15) is 25.3 Å². The molecule has 0 fully saturated rings. The third-order valence-corrected chi connectivity index (χ3v) is 2.58. The van der Waals surface area contributed by atoms with Crippen LogP contribution < -0.4 is 10.5 Å². The highest BCUT2D eigenvalue weighted by molar-refractivity contribution is 7.92. The molecule has 0 unspecified atom stereocenters. The van der Waals surface area contributed by atoms with E-state index < -0.39 is 10.0 Å². The summed E-state index contributed by atoms with van der Waals surface area (Å²) in [5.74, 6) is 0.220. The van der Waals surface area contributed by atoms with Gasteiger partial charge in [0.2, 0.25) is 10.0 Å². The Bertz CT molecular complexity index is 452. The molecule has 15 heavy (non-hydrogen) atoms. The Hall–Kier alpha value is -1.23. The number of nitrogen functional groups attached to an aromatic ring is 1. The van der Waals surface area contributed by atoms with E-state index in [1.165, 1.54) is 0 Å². The number of benzene rings is 1. The Kier molecular flexibility index (Phi) is 3.24. The molecular formula is C10H16N2O2S. The van der Waals surface area contributed by atoms with Crippen molar-refractivity contribution in [3.8, 4) is 0 Å². The minimum absolute atomic E-state index is 0.220. The summed E-state index contributed by atoms with van der Waals surface area (Å²) in [6.07, 6.45) is 1.13. The van der Waals surface area contributed by atoms with Crippen LogP contribution in [0.5, 0.6) is 0 Å². The van der Waals surface area contributed by atoms with Crippen LogP contribution in [-0.4, -0.2) is 14.7 Å². The van der Waals surface area contributed by atoms with E-state index in [4.69, 9.17) is 5.73 Å². The molecule has 0 aliphatic heterocycles. The Morgan fingerprint density at radius 2 is 1.93 bits per heavy atom. The molecule has 0 amide bonds. The summed E-state index contributed by atoms with van der Waals surface area (Å²) in [7, 11) is -3.24. The lowest BCUT2D eigenvalue weighted by molar-refractivity contribution is 0.606. The average Bonchev–Trinajstić information content (AvgIpc) is 2.05. The molecule has 5 heteroatoms. The number of nitrogens with one attached hydrogen (secondary N) is 1. The number of rotatable bonds is 3. The van der Waals surface area contributed by atoms with E-state index in [-0.39, 0.29) is 5.92 Å². The van der Waals surface area contributed by atoms with Gasteiger partial charge in [-0.05, 0) is 29.7 Å². The van der Waals surface area contributed by atoms with E-state index >= 15 is 0 Å². The van der Waals surface area contributed by atoms with Crippen molar-refractivity contribution in [1.82, 2.24) is 0 Å². The second-order valence-electron chi connectivity index (χ2n) is 3.88. The van der Waals surface area contributed by atoms with Crippen molar-refractivity contribution in [2.24, 2.45) is 0 Å². The fourth-order valence-corrected chi connectivity index (χ4v) is 1.94. The summed E-state index contributed by atoms with van der Waals surface area (Å²) in [5.41, 5.74) is 7.79. The fraction of sp³-hybridized carbons (Fsp3) is 0.400. The molecule has 4 nitrogen and oxygen atoms in total. The molecule has 0 bridgehead atoms. The van der Waals surface area contributed by atoms with Gasteiger partial charge in [-0.2, -0.15) is 0 Å². The highest BCUT2D eigenvalue weighted by Gasteiger charge is 2.10. The first-order chi connectivity index (χ1) is 6.79. The maximum absolute atomic E-state index is 11.1. The van der Waals surface area contributed by atoms with Gasteiger partial charge in [0, 0.05) is 5.69 Å². The lowest BCUT2D eigenvalue weighted by atomic mass is 10.0. The van der Waals surface area contributed by atoms with E-state index in [9.17, 15) is 8.42 Å². The van der Waals surface area contributed by atoms with Crippen molar-refractivity contribution >= 4 is 21.4 Å². The lowest BCUT2D eigenvalue weighted by Crippen LogP contribution is -2.12. The molecule has 0 saturated carbocycles. The Balaban J connectivity index is 3.18. The summed E-state index contributed by atoms with van der Waals surface area (Å²) in [6.45, 7) is 3.98. The molecule has 3 N–H and O–H groups in total. The second-order valence-corrected chi connectivity index (χ2v) is 5.62. The summed E-state index contributed by atoms with van der Waals surface area (Å²) < 4.78 is 24.7. The maximum atomic E-state index is 11.1. The van der Waals surface area contributed by atoms with Gasteiger partial charge in [0.25, 0.3) is 0 Å². The van der Waals surface area contributed by atoms with Crippen molar-refractivity contribution in [2.45, 2.75) is 19.8 Å². The quantitative estimate of drug-likeness (QED) is 0.774. The zero-order valence-corrected chi connectivity index (χ0v) is 9.93. The zero-order chi connectivity index (χ0) is 11.6. The van der Waals surface area contributed by atoms with Gasteiger partial charge in [-0.3, -0.25) is 4.72 Å². The Morgan fingerprint density at radius 1 is 1.33 bits per heavy atom. The zero-order valence-electron chi connectivity index (χ0n) is 9.11. The van der Waals surface area contributed by atoms with Gasteiger partial charge in [0.15, 0.2) is 0 Å². The van der Waals surface area contributed by atoms with E-state index in [1.807, 2.05) is 13.8 Å². The van der Waals surface area contributed by atoms with Crippen molar-refractivity contribution in [3.05, 3.63) is 23.8 Å². The maximum Gasteiger partial charge on any atom is 0.229 e. The minimum atomic E-state index is -3.24. The first-order valence-electron chi connectivity index (χ1n) is 4.67. The van der Waals surface area contributed by atoms with Crippen LogP contribution in [0.4, 0.5) is 11.4 Å². The lowest BCUT2D eigenvalue weighted by Gasteiger charge is -2.14. The van der Waals surface area contributed by atoms with Crippen LogP contribution in [0.15, 0.2) is 18.2 Å². The predicted molar refractivity (Wildman–Crippen MR) is 63.4 cm³/mol. The van der Waals surface area contributed by atoms with Gasteiger partial charge in [0.1, 0.15) is 0 Å². The topological polar surface area (TPSA) is 72.2 Å². The van der Waals surface area contributed by atoms with Crippen LogP contribution in [0, 0.1) is 0 Å². The van der Waals surface area contributed by atoms with Crippen molar-refractivity contribution < 1.29 is 8.42 Å². The van der Waals surface area contributed by atoms with Crippen LogP contribution >= 0.6 is 0 Å². The third kappa shape index (κ3) is 3.43. The average molecular weight is 228 g/mol. The van der Waals surface area contributed by atoms with Crippen LogP contribution in [-0.2, 0) is 10.0 Å². The molecule has 1 aromatic rings. The molecule has 0 aliphatic carbocycles. The summed E-state index contributed by atoms with van der Waals surface area (Å²) in [6, 6.07) is 5.16. The Labute approximate surface area is 90.5 Å². The molecular weight excluding hydrogens is 212 g/mol. The van der Waals surface area contributed by atoms with Gasteiger partial charge in [0.05, 0.1) is 11.9 Å². The second kappa shape index (κ2) is 4.10. The SMILES string of the molecule is CC(C)c1cc(N)ccc1NS(C)(=O)=O. The first kappa shape index (κ1) is 11.8. The van der Waals surface area contributed by atoms with Crippen molar-refractivity contribution in [3.63, 3.8) is 0 Å². The van der Waals surface area contributed by atoms with Gasteiger partial charge in [-0.25, -0.2) is 8.42 Å². The van der Waals surface area contributed by atoms with Gasteiger partial charge < -0.3 is 5.73 Å². The summed E-state index contributed by atoms with van der Waals surface area (Å²) in [4.78, 5) is 0. The number of nitrogens with two attached hydrogens (primary N) is 1. The van der Waals surface area contributed by atoms with E-state index in [2.05, 4.69) is 4.72 Å². The monoisotopic (exact) mass is 228 g/mol. The van der Waals surface area contributed by atoms with Crippen molar-refractivity contribution in [1.29, 1.82) is 0 Å². The largest absolute Gasteiger partial charge is 0.399 e. The normalized spacial score (nSPS) is 11.7. The third-order valence-electron chi connectivity index (χ3n) is 1.99. The smallest absolute Gasteiger partial charge is 0.229 e. The standard InChI is InChI=1S/C10H16N2O2S/c1-7(2)9-6-8(11)4-5-10(9)12-15(3,13)14/h4-7,12H,11H2,1-3H3. The number of hydrogen-bond acceptors (Lipinski definition) is 3. The molecule has 0 radical (unpaired) electrons. The van der Waals surface area contributed by atoms with E-state index in [0.717, 1.165) is 11.8 Å².